The first kappa shape index (κ1) is 16.6. The Kier molecular flexibility index (Phi) is 4.74. The van der Waals surface area contributed by atoms with Crippen LogP contribution >= 0.6 is 0 Å². The Morgan fingerprint density at radius 3 is 2.64 bits per heavy atom. The second-order valence-corrected chi connectivity index (χ2v) is 5.72. The van der Waals surface area contributed by atoms with Gasteiger partial charge in [-0.05, 0) is 44.5 Å². The maximum absolute atomic E-state index is 11.6. The van der Waals surface area contributed by atoms with E-state index in [0.717, 1.165) is 11.3 Å². The number of aryl methyl sites for hydroxylation is 2. The first-order chi connectivity index (χ1) is 12.0. The van der Waals surface area contributed by atoms with E-state index in [2.05, 4.69) is 43.9 Å². The fraction of sp³-hybridized carbons (Fsp3) is 0.222. The lowest BCUT2D eigenvalue weighted by molar-refractivity contribution is 0.252. The van der Waals surface area contributed by atoms with Crippen LogP contribution in [0.5, 0.6) is 0 Å². The molecule has 7 nitrogen and oxygen atoms in total. The van der Waals surface area contributed by atoms with Crippen molar-refractivity contribution in [2.75, 3.05) is 17.2 Å². The molecular formula is C18H20N6O. The Hall–Kier alpha value is -3.22. The van der Waals surface area contributed by atoms with Gasteiger partial charge in [0.2, 0.25) is 0 Å². The van der Waals surface area contributed by atoms with Crippen molar-refractivity contribution in [1.29, 1.82) is 0 Å². The molecule has 2 aromatic heterocycles. The highest BCUT2D eigenvalue weighted by Crippen LogP contribution is 2.21. The van der Waals surface area contributed by atoms with E-state index in [4.69, 9.17) is 0 Å². The van der Waals surface area contributed by atoms with Crippen LogP contribution in [0.1, 0.15) is 18.1 Å². The number of hydrogen-bond donors (Lipinski definition) is 3. The Labute approximate surface area is 145 Å². The lowest BCUT2D eigenvalue weighted by atomic mass is 10.1. The Morgan fingerprint density at radius 2 is 1.88 bits per heavy atom. The predicted octanol–water partition coefficient (Wildman–Crippen LogP) is 3.53. The average molecular weight is 336 g/mol. The molecule has 0 unspecified atom stereocenters. The van der Waals surface area contributed by atoms with Gasteiger partial charge in [-0.25, -0.2) is 19.7 Å². The van der Waals surface area contributed by atoms with Crippen molar-refractivity contribution in [2.24, 2.45) is 0 Å². The average Bonchev–Trinajstić information content (AvgIpc) is 2.57. The molecule has 25 heavy (non-hydrogen) atoms. The van der Waals surface area contributed by atoms with E-state index in [1.54, 1.807) is 18.3 Å². The second-order valence-electron chi connectivity index (χ2n) is 5.72. The van der Waals surface area contributed by atoms with Crippen LogP contribution in [0.4, 0.5) is 22.1 Å². The molecule has 2 amide bonds. The fourth-order valence-electron chi connectivity index (χ4n) is 2.44. The topological polar surface area (TPSA) is 91.8 Å². The van der Waals surface area contributed by atoms with Crippen molar-refractivity contribution in [1.82, 2.24) is 20.3 Å². The zero-order chi connectivity index (χ0) is 17.8. The molecular weight excluding hydrogens is 316 g/mol. The Morgan fingerprint density at radius 1 is 1.08 bits per heavy atom. The number of nitrogens with one attached hydrogen (secondary N) is 3. The minimum Gasteiger partial charge on any atom is -0.339 e. The molecule has 0 aliphatic carbocycles. The summed E-state index contributed by atoms with van der Waals surface area (Å²) in [5, 5.41) is 8.59. The quantitative estimate of drug-likeness (QED) is 0.678. The van der Waals surface area contributed by atoms with Gasteiger partial charge in [-0.2, -0.15) is 0 Å². The number of aromatic nitrogens is 3. The van der Waals surface area contributed by atoms with E-state index in [1.807, 2.05) is 26.0 Å². The summed E-state index contributed by atoms with van der Waals surface area (Å²) in [6.07, 6.45) is 1.67. The third-order valence-corrected chi connectivity index (χ3v) is 3.63. The summed E-state index contributed by atoms with van der Waals surface area (Å²) >= 11 is 0. The third-order valence-electron chi connectivity index (χ3n) is 3.63. The summed E-state index contributed by atoms with van der Waals surface area (Å²) in [4.78, 5) is 24.8. The number of nitrogens with zero attached hydrogens (tertiary/aromatic N) is 3. The van der Waals surface area contributed by atoms with Crippen LogP contribution in [0, 0.1) is 13.8 Å². The molecule has 0 atom stereocenters. The zero-order valence-corrected chi connectivity index (χ0v) is 14.4. The summed E-state index contributed by atoms with van der Waals surface area (Å²) < 4.78 is 0. The molecule has 0 aliphatic heterocycles. The molecule has 7 heteroatoms. The summed E-state index contributed by atoms with van der Waals surface area (Å²) in [6.45, 7) is 6.49. The molecule has 3 rings (SSSR count). The zero-order valence-electron chi connectivity index (χ0n) is 14.4. The van der Waals surface area contributed by atoms with E-state index in [0.29, 0.717) is 29.3 Å². The minimum atomic E-state index is -0.299. The van der Waals surface area contributed by atoms with Crippen molar-refractivity contribution in [2.45, 2.75) is 20.8 Å². The van der Waals surface area contributed by atoms with Gasteiger partial charge in [0, 0.05) is 12.2 Å². The lowest BCUT2D eigenvalue weighted by Crippen LogP contribution is -2.28. The SMILES string of the molecule is CCNC(=O)Nc1ccc2ncc(Nc3ccc(C)cc3C)nc2n1. The van der Waals surface area contributed by atoms with Crippen LogP contribution in [0.2, 0.25) is 0 Å². The van der Waals surface area contributed by atoms with Gasteiger partial charge in [0.15, 0.2) is 11.5 Å². The van der Waals surface area contributed by atoms with E-state index in [9.17, 15) is 4.79 Å². The van der Waals surface area contributed by atoms with Crippen LogP contribution in [0.25, 0.3) is 11.2 Å². The van der Waals surface area contributed by atoms with Gasteiger partial charge in [-0.1, -0.05) is 17.7 Å². The Bertz CT molecular complexity index is 925. The largest absolute Gasteiger partial charge is 0.339 e. The summed E-state index contributed by atoms with van der Waals surface area (Å²) in [5.74, 6) is 1.03. The maximum Gasteiger partial charge on any atom is 0.320 e. The minimum absolute atomic E-state index is 0.299. The van der Waals surface area contributed by atoms with Crippen molar-refractivity contribution in [3.63, 3.8) is 0 Å². The first-order valence-corrected chi connectivity index (χ1v) is 8.08. The van der Waals surface area contributed by atoms with Gasteiger partial charge in [0.05, 0.1) is 6.20 Å². The molecule has 2 heterocycles. The van der Waals surface area contributed by atoms with Gasteiger partial charge in [-0.15, -0.1) is 0 Å². The molecule has 0 saturated heterocycles. The predicted molar refractivity (Wildman–Crippen MR) is 99.2 cm³/mol. The number of anilines is 3. The number of pyridine rings is 1. The number of carbonyl (C=O) groups excluding carboxylic acids is 1. The van der Waals surface area contributed by atoms with Crippen LogP contribution in [0.3, 0.4) is 0 Å². The molecule has 3 N–H and O–H groups in total. The maximum atomic E-state index is 11.6. The standard InChI is InChI=1S/C18H20N6O/c1-4-19-18(25)24-15-8-7-14-17(22-15)23-16(10-20-14)21-13-6-5-11(2)9-12(13)3/h5-10H,4H2,1-3H3,(H3,19,21,22,23,24,25). The van der Waals surface area contributed by atoms with Crippen LogP contribution in [-0.4, -0.2) is 27.5 Å². The fourth-order valence-corrected chi connectivity index (χ4v) is 2.44. The van der Waals surface area contributed by atoms with Crippen molar-refractivity contribution < 1.29 is 4.79 Å². The van der Waals surface area contributed by atoms with E-state index in [1.165, 1.54) is 5.56 Å². The monoisotopic (exact) mass is 336 g/mol. The molecule has 0 saturated carbocycles. The molecule has 0 fully saturated rings. The number of hydrogen-bond acceptors (Lipinski definition) is 5. The van der Waals surface area contributed by atoms with Crippen molar-refractivity contribution in [3.05, 3.63) is 47.7 Å². The summed E-state index contributed by atoms with van der Waals surface area (Å²) in [5.41, 5.74) is 4.42. The highest BCUT2D eigenvalue weighted by molar-refractivity contribution is 5.89. The van der Waals surface area contributed by atoms with Gasteiger partial charge >= 0.3 is 6.03 Å². The first-order valence-electron chi connectivity index (χ1n) is 8.08. The smallest absolute Gasteiger partial charge is 0.320 e. The molecule has 1 aromatic carbocycles. The molecule has 0 radical (unpaired) electrons. The molecule has 3 aromatic rings. The number of rotatable bonds is 4. The van der Waals surface area contributed by atoms with Gasteiger partial charge < -0.3 is 10.6 Å². The normalized spacial score (nSPS) is 10.5. The van der Waals surface area contributed by atoms with Gasteiger partial charge in [0.25, 0.3) is 0 Å². The van der Waals surface area contributed by atoms with Gasteiger partial charge in [0.1, 0.15) is 11.3 Å². The number of carbonyl (C=O) groups is 1. The third kappa shape index (κ3) is 4.00. The number of benzene rings is 1. The van der Waals surface area contributed by atoms with Crippen LogP contribution < -0.4 is 16.0 Å². The molecule has 0 spiro atoms. The number of amides is 2. The Balaban J connectivity index is 1.86. The summed E-state index contributed by atoms with van der Waals surface area (Å²) in [6, 6.07) is 9.32. The second kappa shape index (κ2) is 7.12. The number of urea groups is 1. The van der Waals surface area contributed by atoms with Crippen molar-refractivity contribution in [3.8, 4) is 0 Å². The lowest BCUT2D eigenvalue weighted by Gasteiger charge is -2.10. The highest BCUT2D eigenvalue weighted by atomic mass is 16.2. The van der Waals surface area contributed by atoms with E-state index in [-0.39, 0.29) is 6.03 Å². The highest BCUT2D eigenvalue weighted by Gasteiger charge is 2.07. The summed E-state index contributed by atoms with van der Waals surface area (Å²) in [7, 11) is 0. The van der Waals surface area contributed by atoms with Crippen molar-refractivity contribution >= 4 is 34.5 Å². The number of fused-ring (bicyclic) bond motifs is 1. The van der Waals surface area contributed by atoms with Gasteiger partial charge in [-0.3, -0.25) is 5.32 Å². The molecule has 0 aliphatic rings. The van der Waals surface area contributed by atoms with E-state index < -0.39 is 0 Å². The molecule has 128 valence electrons. The van der Waals surface area contributed by atoms with Crippen LogP contribution in [0.15, 0.2) is 36.5 Å². The molecule has 0 bridgehead atoms. The van der Waals surface area contributed by atoms with E-state index >= 15 is 0 Å². The van der Waals surface area contributed by atoms with Crippen LogP contribution in [-0.2, 0) is 0 Å².